The zero-order valence-corrected chi connectivity index (χ0v) is 13.1. The number of carbonyl (C=O) groups is 1. The molecule has 20 heavy (non-hydrogen) atoms. The molecule has 3 N–H and O–H groups in total. The summed E-state index contributed by atoms with van der Waals surface area (Å²) in [6, 6.07) is 7.07. The third-order valence-corrected chi connectivity index (χ3v) is 4.18. The van der Waals surface area contributed by atoms with Gasteiger partial charge in [-0.3, -0.25) is 4.79 Å². The predicted octanol–water partition coefficient (Wildman–Crippen LogP) is 3.64. The molecule has 1 saturated carbocycles. The van der Waals surface area contributed by atoms with Crippen LogP contribution in [0.1, 0.15) is 49.9 Å². The third-order valence-electron chi connectivity index (χ3n) is 4.18. The Morgan fingerprint density at radius 3 is 2.35 bits per heavy atom. The van der Waals surface area contributed by atoms with Gasteiger partial charge in [0.15, 0.2) is 0 Å². The monoisotopic (exact) mass is 296 g/mol. The first-order valence-electron chi connectivity index (χ1n) is 7.10. The van der Waals surface area contributed by atoms with Gasteiger partial charge >= 0.3 is 0 Å². The van der Waals surface area contributed by atoms with E-state index in [2.05, 4.69) is 19.2 Å². The summed E-state index contributed by atoms with van der Waals surface area (Å²) in [7, 11) is 0. The molecule has 0 unspecified atom stereocenters. The Labute approximate surface area is 127 Å². The van der Waals surface area contributed by atoms with Crippen molar-refractivity contribution in [1.29, 1.82) is 0 Å². The Bertz CT molecular complexity index is 432. The fourth-order valence-electron chi connectivity index (χ4n) is 2.64. The minimum absolute atomic E-state index is 0. The van der Waals surface area contributed by atoms with Crippen LogP contribution in [0.2, 0.25) is 0 Å². The number of hydrogen-bond acceptors (Lipinski definition) is 2. The molecule has 0 aromatic heterocycles. The molecule has 1 aliphatic carbocycles. The van der Waals surface area contributed by atoms with E-state index in [4.69, 9.17) is 5.73 Å². The first kappa shape index (κ1) is 16.8. The van der Waals surface area contributed by atoms with Crippen LogP contribution in [0.4, 0.5) is 5.69 Å². The number of rotatable bonds is 3. The number of amides is 1. The number of nitrogen functional groups attached to an aromatic ring is 1. The summed E-state index contributed by atoms with van der Waals surface area (Å²) < 4.78 is 0. The standard InChI is InChI=1S/C16H24N2O.ClH/c1-16(2)9-7-12(8-10-16)11-18-15(19)13-3-5-14(17)6-4-13;/h3-6,12H,7-11,17H2,1-2H3,(H,18,19);1H. The third kappa shape index (κ3) is 4.71. The lowest BCUT2D eigenvalue weighted by atomic mass is 9.73. The van der Waals surface area contributed by atoms with Crippen molar-refractivity contribution in [3.63, 3.8) is 0 Å². The van der Waals surface area contributed by atoms with Gasteiger partial charge in [0.2, 0.25) is 0 Å². The van der Waals surface area contributed by atoms with Crippen molar-refractivity contribution in [3.8, 4) is 0 Å². The maximum absolute atomic E-state index is 12.0. The molecular formula is C16H25ClN2O. The topological polar surface area (TPSA) is 55.1 Å². The summed E-state index contributed by atoms with van der Waals surface area (Å²) in [6.07, 6.45) is 4.95. The minimum Gasteiger partial charge on any atom is -0.399 e. The van der Waals surface area contributed by atoms with Gasteiger partial charge in [-0.1, -0.05) is 13.8 Å². The fourth-order valence-corrected chi connectivity index (χ4v) is 2.64. The molecule has 112 valence electrons. The first-order valence-corrected chi connectivity index (χ1v) is 7.10. The summed E-state index contributed by atoms with van der Waals surface area (Å²) in [6.45, 7) is 5.45. The van der Waals surface area contributed by atoms with Gasteiger partial charge in [0, 0.05) is 17.8 Å². The Kier molecular flexibility index (Phi) is 5.88. The molecule has 0 heterocycles. The van der Waals surface area contributed by atoms with Gasteiger partial charge in [0.05, 0.1) is 0 Å². The number of hydrogen-bond donors (Lipinski definition) is 2. The number of carbonyl (C=O) groups excluding carboxylic acids is 1. The van der Waals surface area contributed by atoms with Crippen LogP contribution in [-0.4, -0.2) is 12.5 Å². The van der Waals surface area contributed by atoms with Crippen molar-refractivity contribution in [1.82, 2.24) is 5.32 Å². The molecule has 3 nitrogen and oxygen atoms in total. The number of nitrogens with two attached hydrogens (primary N) is 1. The van der Waals surface area contributed by atoms with Gasteiger partial charge in [0.1, 0.15) is 0 Å². The average Bonchev–Trinajstić information content (AvgIpc) is 2.38. The van der Waals surface area contributed by atoms with E-state index in [0.29, 0.717) is 22.6 Å². The maximum atomic E-state index is 12.0. The number of benzene rings is 1. The highest BCUT2D eigenvalue weighted by atomic mass is 35.5. The average molecular weight is 297 g/mol. The molecular weight excluding hydrogens is 272 g/mol. The highest BCUT2D eigenvalue weighted by Gasteiger charge is 2.26. The summed E-state index contributed by atoms with van der Waals surface area (Å²) >= 11 is 0. The Hall–Kier alpha value is -1.22. The molecule has 0 atom stereocenters. The van der Waals surface area contributed by atoms with Crippen LogP contribution in [0.3, 0.4) is 0 Å². The summed E-state index contributed by atoms with van der Waals surface area (Å²) in [4.78, 5) is 12.0. The van der Waals surface area contributed by atoms with Crippen LogP contribution in [-0.2, 0) is 0 Å². The second-order valence-electron chi connectivity index (χ2n) is 6.44. The molecule has 0 saturated heterocycles. The van der Waals surface area contributed by atoms with Gasteiger partial charge in [0.25, 0.3) is 5.91 Å². The van der Waals surface area contributed by atoms with E-state index in [0.717, 1.165) is 6.54 Å². The quantitative estimate of drug-likeness (QED) is 0.837. The number of nitrogens with one attached hydrogen (secondary N) is 1. The van der Waals surface area contributed by atoms with Gasteiger partial charge in [-0.25, -0.2) is 0 Å². The zero-order valence-electron chi connectivity index (χ0n) is 12.3. The van der Waals surface area contributed by atoms with Crippen molar-refractivity contribution in [2.45, 2.75) is 39.5 Å². The lowest BCUT2D eigenvalue weighted by Gasteiger charge is -2.34. The maximum Gasteiger partial charge on any atom is 0.251 e. The minimum atomic E-state index is 0. The van der Waals surface area contributed by atoms with Crippen molar-refractivity contribution in [2.75, 3.05) is 12.3 Å². The SMILES string of the molecule is CC1(C)CCC(CNC(=O)c2ccc(N)cc2)CC1.Cl. The van der Waals surface area contributed by atoms with E-state index in [9.17, 15) is 4.79 Å². The molecule has 1 aliphatic rings. The Morgan fingerprint density at radius 1 is 1.25 bits per heavy atom. The molecule has 0 bridgehead atoms. The lowest BCUT2D eigenvalue weighted by Crippen LogP contribution is -2.32. The highest BCUT2D eigenvalue weighted by molar-refractivity contribution is 5.94. The molecule has 4 heteroatoms. The van der Waals surface area contributed by atoms with E-state index >= 15 is 0 Å². The predicted molar refractivity (Wildman–Crippen MR) is 86.2 cm³/mol. The van der Waals surface area contributed by atoms with E-state index in [-0.39, 0.29) is 18.3 Å². The van der Waals surface area contributed by atoms with Crippen LogP contribution in [0.5, 0.6) is 0 Å². The van der Waals surface area contributed by atoms with Crippen LogP contribution < -0.4 is 11.1 Å². The van der Waals surface area contributed by atoms with Gasteiger partial charge in [-0.2, -0.15) is 0 Å². The van der Waals surface area contributed by atoms with E-state index in [1.807, 2.05) is 0 Å². The van der Waals surface area contributed by atoms with Crippen molar-refractivity contribution < 1.29 is 4.79 Å². The summed E-state index contributed by atoms with van der Waals surface area (Å²) in [5, 5.41) is 3.04. The second kappa shape index (κ2) is 6.98. The molecule has 2 rings (SSSR count). The Morgan fingerprint density at radius 2 is 1.80 bits per heavy atom. The largest absolute Gasteiger partial charge is 0.399 e. The Balaban J connectivity index is 0.00000200. The fraction of sp³-hybridized carbons (Fsp3) is 0.562. The van der Waals surface area contributed by atoms with Crippen LogP contribution in [0, 0.1) is 11.3 Å². The summed E-state index contributed by atoms with van der Waals surface area (Å²) in [5.74, 6) is 0.635. The molecule has 1 amide bonds. The van der Waals surface area contributed by atoms with Crippen LogP contribution in [0.25, 0.3) is 0 Å². The van der Waals surface area contributed by atoms with Crippen molar-refractivity contribution in [2.24, 2.45) is 11.3 Å². The highest BCUT2D eigenvalue weighted by Crippen LogP contribution is 2.37. The van der Waals surface area contributed by atoms with E-state index < -0.39 is 0 Å². The van der Waals surface area contributed by atoms with Gasteiger partial charge < -0.3 is 11.1 Å². The molecule has 1 aromatic carbocycles. The number of halogens is 1. The van der Waals surface area contributed by atoms with Crippen molar-refractivity contribution >= 4 is 24.0 Å². The summed E-state index contributed by atoms with van der Waals surface area (Å²) in [5.41, 5.74) is 7.47. The first-order chi connectivity index (χ1) is 8.96. The molecule has 0 aliphatic heterocycles. The number of anilines is 1. The van der Waals surface area contributed by atoms with E-state index in [1.54, 1.807) is 24.3 Å². The zero-order chi connectivity index (χ0) is 13.9. The van der Waals surface area contributed by atoms with Gasteiger partial charge in [-0.05, 0) is 61.3 Å². The van der Waals surface area contributed by atoms with Gasteiger partial charge in [-0.15, -0.1) is 12.4 Å². The normalized spacial score (nSPS) is 18.1. The molecule has 1 fully saturated rings. The lowest BCUT2D eigenvalue weighted by molar-refractivity contribution is 0.0936. The second-order valence-corrected chi connectivity index (χ2v) is 6.44. The molecule has 1 aromatic rings. The van der Waals surface area contributed by atoms with E-state index in [1.165, 1.54) is 25.7 Å². The smallest absolute Gasteiger partial charge is 0.251 e. The molecule has 0 spiro atoms. The van der Waals surface area contributed by atoms with Crippen LogP contribution >= 0.6 is 12.4 Å². The van der Waals surface area contributed by atoms with Crippen LogP contribution in [0.15, 0.2) is 24.3 Å². The molecule has 0 radical (unpaired) electrons. The van der Waals surface area contributed by atoms with Crippen molar-refractivity contribution in [3.05, 3.63) is 29.8 Å².